The molecule has 0 aliphatic heterocycles. The summed E-state index contributed by atoms with van der Waals surface area (Å²) in [6, 6.07) is 17.8. The molecule has 2 aromatic rings. The maximum atomic E-state index is 5.56. The Kier molecular flexibility index (Phi) is 4.56. The van der Waals surface area contributed by atoms with Gasteiger partial charge in [0.05, 0.1) is 6.61 Å². The van der Waals surface area contributed by atoms with Crippen LogP contribution in [0.4, 0.5) is 0 Å². The predicted octanol–water partition coefficient (Wildman–Crippen LogP) is 3.88. The molecular formula is C16H16O2. The summed E-state index contributed by atoms with van der Waals surface area (Å²) in [4.78, 5) is 0. The van der Waals surface area contributed by atoms with Crippen LogP contribution in [0.5, 0.6) is 5.75 Å². The SMILES string of the molecule is C=Cc1ccccc1OCOCc1ccccc1. The molecule has 2 nitrogen and oxygen atoms in total. The summed E-state index contributed by atoms with van der Waals surface area (Å²) >= 11 is 0. The summed E-state index contributed by atoms with van der Waals surface area (Å²) in [5.41, 5.74) is 2.11. The Morgan fingerprint density at radius 3 is 2.44 bits per heavy atom. The lowest BCUT2D eigenvalue weighted by atomic mass is 10.2. The third-order valence-corrected chi connectivity index (χ3v) is 2.55. The third kappa shape index (κ3) is 3.47. The molecule has 0 spiro atoms. The highest BCUT2D eigenvalue weighted by Gasteiger charge is 1.98. The van der Waals surface area contributed by atoms with Crippen molar-refractivity contribution in [3.8, 4) is 5.75 Å². The largest absolute Gasteiger partial charge is 0.467 e. The summed E-state index contributed by atoms with van der Waals surface area (Å²) in [6.45, 7) is 4.54. The number of hydrogen-bond donors (Lipinski definition) is 0. The topological polar surface area (TPSA) is 18.5 Å². The van der Waals surface area contributed by atoms with Gasteiger partial charge in [0.25, 0.3) is 0 Å². The lowest BCUT2D eigenvalue weighted by Gasteiger charge is -2.09. The Balaban J connectivity index is 1.80. The van der Waals surface area contributed by atoms with Crippen molar-refractivity contribution in [3.63, 3.8) is 0 Å². The molecule has 0 aliphatic rings. The Hall–Kier alpha value is -2.06. The molecule has 0 amide bonds. The van der Waals surface area contributed by atoms with Crippen LogP contribution in [0, 0.1) is 0 Å². The van der Waals surface area contributed by atoms with Crippen molar-refractivity contribution < 1.29 is 9.47 Å². The van der Waals surface area contributed by atoms with E-state index in [-0.39, 0.29) is 6.79 Å². The van der Waals surface area contributed by atoms with Crippen molar-refractivity contribution in [1.29, 1.82) is 0 Å². The van der Waals surface area contributed by atoms with Crippen LogP contribution >= 0.6 is 0 Å². The molecule has 0 fully saturated rings. The number of ether oxygens (including phenoxy) is 2. The standard InChI is InChI=1S/C16H16O2/c1-2-15-10-6-7-11-16(15)18-13-17-12-14-8-4-3-5-9-14/h2-11H,1,12-13H2. The minimum Gasteiger partial charge on any atom is -0.467 e. The van der Waals surface area contributed by atoms with E-state index in [4.69, 9.17) is 9.47 Å². The first-order valence-electron chi connectivity index (χ1n) is 5.86. The Labute approximate surface area is 107 Å². The fraction of sp³-hybridized carbons (Fsp3) is 0.125. The minimum atomic E-state index is 0.236. The number of hydrogen-bond acceptors (Lipinski definition) is 2. The van der Waals surface area contributed by atoms with Crippen LogP contribution in [0.25, 0.3) is 6.08 Å². The zero-order valence-corrected chi connectivity index (χ0v) is 10.2. The van der Waals surface area contributed by atoms with Crippen LogP contribution in [0.3, 0.4) is 0 Å². The van der Waals surface area contributed by atoms with E-state index >= 15 is 0 Å². The zero-order valence-electron chi connectivity index (χ0n) is 10.2. The van der Waals surface area contributed by atoms with Crippen LogP contribution in [0.2, 0.25) is 0 Å². The van der Waals surface area contributed by atoms with E-state index in [2.05, 4.69) is 6.58 Å². The molecule has 0 saturated heterocycles. The third-order valence-electron chi connectivity index (χ3n) is 2.55. The molecular weight excluding hydrogens is 224 g/mol. The van der Waals surface area contributed by atoms with Gasteiger partial charge in [-0.3, -0.25) is 0 Å². The first-order chi connectivity index (χ1) is 8.90. The summed E-state index contributed by atoms with van der Waals surface area (Å²) < 4.78 is 11.0. The average molecular weight is 240 g/mol. The van der Waals surface area contributed by atoms with Crippen molar-refractivity contribution >= 4 is 6.08 Å². The molecule has 2 heteroatoms. The molecule has 0 atom stereocenters. The fourth-order valence-electron chi connectivity index (χ4n) is 1.62. The van der Waals surface area contributed by atoms with E-state index in [0.29, 0.717) is 6.61 Å². The molecule has 2 rings (SSSR count). The van der Waals surface area contributed by atoms with E-state index in [9.17, 15) is 0 Å². The van der Waals surface area contributed by atoms with E-state index in [1.54, 1.807) is 6.08 Å². The molecule has 0 radical (unpaired) electrons. The van der Waals surface area contributed by atoms with Crippen molar-refractivity contribution in [2.75, 3.05) is 6.79 Å². The van der Waals surface area contributed by atoms with Crippen molar-refractivity contribution in [2.24, 2.45) is 0 Å². The second kappa shape index (κ2) is 6.62. The minimum absolute atomic E-state index is 0.236. The van der Waals surface area contributed by atoms with Crippen LogP contribution in [-0.2, 0) is 11.3 Å². The van der Waals surface area contributed by atoms with E-state index in [0.717, 1.165) is 16.9 Å². The number of rotatable bonds is 6. The number of benzene rings is 2. The smallest absolute Gasteiger partial charge is 0.189 e. The monoisotopic (exact) mass is 240 g/mol. The molecule has 0 heterocycles. The molecule has 0 unspecified atom stereocenters. The van der Waals surface area contributed by atoms with Gasteiger partial charge in [0.1, 0.15) is 5.75 Å². The Morgan fingerprint density at radius 1 is 0.944 bits per heavy atom. The molecule has 0 N–H and O–H groups in total. The van der Waals surface area contributed by atoms with Gasteiger partial charge in [-0.1, -0.05) is 61.2 Å². The zero-order chi connectivity index (χ0) is 12.6. The van der Waals surface area contributed by atoms with Crippen molar-refractivity contribution in [2.45, 2.75) is 6.61 Å². The van der Waals surface area contributed by atoms with Crippen molar-refractivity contribution in [1.82, 2.24) is 0 Å². The van der Waals surface area contributed by atoms with Gasteiger partial charge in [-0.05, 0) is 11.6 Å². The van der Waals surface area contributed by atoms with Gasteiger partial charge in [-0.15, -0.1) is 0 Å². The first-order valence-corrected chi connectivity index (χ1v) is 5.86. The van der Waals surface area contributed by atoms with Crippen LogP contribution in [0.1, 0.15) is 11.1 Å². The van der Waals surface area contributed by atoms with E-state index in [1.807, 2.05) is 54.6 Å². The predicted molar refractivity (Wildman–Crippen MR) is 73.3 cm³/mol. The lowest BCUT2D eigenvalue weighted by Crippen LogP contribution is -2.03. The van der Waals surface area contributed by atoms with Gasteiger partial charge in [0.15, 0.2) is 6.79 Å². The molecule has 92 valence electrons. The molecule has 18 heavy (non-hydrogen) atoms. The van der Waals surface area contributed by atoms with Gasteiger partial charge in [0, 0.05) is 5.56 Å². The second-order valence-corrected chi connectivity index (χ2v) is 3.84. The van der Waals surface area contributed by atoms with Gasteiger partial charge in [-0.2, -0.15) is 0 Å². The fourth-order valence-corrected chi connectivity index (χ4v) is 1.62. The maximum absolute atomic E-state index is 5.56. The first kappa shape index (κ1) is 12.4. The number of para-hydroxylation sites is 1. The lowest BCUT2D eigenvalue weighted by molar-refractivity contribution is 0.00493. The van der Waals surface area contributed by atoms with Crippen LogP contribution < -0.4 is 4.74 Å². The second-order valence-electron chi connectivity index (χ2n) is 3.84. The summed E-state index contributed by atoms with van der Waals surface area (Å²) in [6.07, 6.45) is 1.77. The molecule has 0 aliphatic carbocycles. The van der Waals surface area contributed by atoms with Crippen LogP contribution in [0.15, 0.2) is 61.2 Å². The Bertz CT molecular complexity index is 491. The Morgan fingerprint density at radius 2 is 1.67 bits per heavy atom. The molecule has 0 saturated carbocycles. The highest BCUT2D eigenvalue weighted by atomic mass is 16.7. The highest BCUT2D eigenvalue weighted by molar-refractivity contribution is 5.55. The average Bonchev–Trinajstić information content (AvgIpc) is 2.45. The maximum Gasteiger partial charge on any atom is 0.189 e. The molecule has 0 aromatic heterocycles. The summed E-state index contributed by atoms with van der Waals surface area (Å²) in [5.74, 6) is 0.792. The summed E-state index contributed by atoms with van der Waals surface area (Å²) in [5, 5.41) is 0. The van der Waals surface area contributed by atoms with Gasteiger partial charge in [-0.25, -0.2) is 0 Å². The van der Waals surface area contributed by atoms with E-state index in [1.165, 1.54) is 0 Å². The van der Waals surface area contributed by atoms with E-state index < -0.39 is 0 Å². The summed E-state index contributed by atoms with van der Waals surface area (Å²) in [7, 11) is 0. The highest BCUT2D eigenvalue weighted by Crippen LogP contribution is 2.18. The van der Waals surface area contributed by atoms with Crippen molar-refractivity contribution in [3.05, 3.63) is 72.3 Å². The quantitative estimate of drug-likeness (QED) is 0.563. The van der Waals surface area contributed by atoms with Gasteiger partial charge in [0.2, 0.25) is 0 Å². The molecule has 0 bridgehead atoms. The van der Waals surface area contributed by atoms with Gasteiger partial charge < -0.3 is 9.47 Å². The van der Waals surface area contributed by atoms with Crippen LogP contribution in [-0.4, -0.2) is 6.79 Å². The normalized spacial score (nSPS) is 10.0. The molecule has 2 aromatic carbocycles. The van der Waals surface area contributed by atoms with Gasteiger partial charge >= 0.3 is 0 Å².